The van der Waals surface area contributed by atoms with Gasteiger partial charge in [0.05, 0.1) is 0 Å². The van der Waals surface area contributed by atoms with Gasteiger partial charge in [0.15, 0.2) is 0 Å². The Morgan fingerprint density at radius 3 is 2.53 bits per heavy atom. The average Bonchev–Trinajstić information content (AvgIpc) is 2.62. The Labute approximate surface area is 97.2 Å². The van der Waals surface area contributed by atoms with E-state index in [1.54, 1.807) is 0 Å². The zero-order valence-corrected chi connectivity index (χ0v) is 9.18. The van der Waals surface area contributed by atoms with Crippen molar-refractivity contribution in [2.75, 3.05) is 19.8 Å². The van der Waals surface area contributed by atoms with Crippen molar-refractivity contribution in [2.24, 2.45) is 0 Å². The van der Waals surface area contributed by atoms with Crippen molar-refractivity contribution < 1.29 is 30.0 Å². The molecule has 8 nitrogen and oxygen atoms in total. The average molecular weight is 244 g/mol. The second-order valence-electron chi connectivity index (χ2n) is 3.19. The predicted molar refractivity (Wildman–Crippen MR) is 53.4 cm³/mol. The molecular formula is C9H14N3O5+. The Morgan fingerprint density at radius 1 is 1.29 bits per heavy atom. The number of carbonyl (C=O) groups excluding carboxylic acids is 3. The van der Waals surface area contributed by atoms with E-state index in [9.17, 15) is 14.4 Å². The molecule has 94 valence electrons. The summed E-state index contributed by atoms with van der Waals surface area (Å²) in [6.45, 7) is 0.470. The Bertz CT molecular complexity index is 324. The number of amides is 3. The minimum Gasteiger partial charge on any atom is -0.275 e. The Morgan fingerprint density at radius 2 is 1.94 bits per heavy atom. The first kappa shape index (κ1) is 13.3. The fourth-order valence-electron chi connectivity index (χ4n) is 1.15. The van der Waals surface area contributed by atoms with Crippen LogP contribution in [0.25, 0.3) is 0 Å². The maximum atomic E-state index is 11.2. The second-order valence-corrected chi connectivity index (χ2v) is 3.19. The third-order valence-electron chi connectivity index (χ3n) is 1.98. The molecule has 4 N–H and O–H groups in total. The van der Waals surface area contributed by atoms with Crippen LogP contribution in [0.5, 0.6) is 0 Å². The highest BCUT2D eigenvalue weighted by atomic mass is 16.7. The quantitative estimate of drug-likeness (QED) is 0.292. The number of nitrogens with one attached hydrogen (secondary N) is 1. The summed E-state index contributed by atoms with van der Waals surface area (Å²) in [5, 5.41) is 0. The van der Waals surface area contributed by atoms with Gasteiger partial charge in [-0.3, -0.25) is 24.1 Å². The number of hydrogen-bond donors (Lipinski definition) is 2. The summed E-state index contributed by atoms with van der Waals surface area (Å²) in [6.07, 6.45) is 2.33. The summed E-state index contributed by atoms with van der Waals surface area (Å²) < 4.78 is 0. The number of hydrogen-bond acceptors (Lipinski definition) is 5. The van der Waals surface area contributed by atoms with E-state index in [-0.39, 0.29) is 26.2 Å². The highest BCUT2D eigenvalue weighted by Crippen LogP contribution is 2.03. The number of hydroxylamine groups is 1. The lowest BCUT2D eigenvalue weighted by Crippen LogP contribution is -2.50. The SMILES string of the molecule is [NH3+]OCCONC(=O)CCN1C(=O)C=CC1=O. The smallest absolute Gasteiger partial charge is 0.253 e. The van der Waals surface area contributed by atoms with Crippen LogP contribution in [-0.2, 0) is 24.1 Å². The van der Waals surface area contributed by atoms with E-state index in [1.165, 1.54) is 12.2 Å². The molecule has 0 aromatic carbocycles. The lowest BCUT2D eigenvalue weighted by Gasteiger charge is -2.12. The van der Waals surface area contributed by atoms with Crippen LogP contribution >= 0.6 is 0 Å². The van der Waals surface area contributed by atoms with E-state index in [1.807, 2.05) is 0 Å². The van der Waals surface area contributed by atoms with E-state index in [2.05, 4.69) is 16.2 Å². The first-order valence-corrected chi connectivity index (χ1v) is 4.96. The molecule has 0 atom stereocenters. The molecule has 1 aliphatic rings. The molecule has 0 aromatic rings. The molecule has 0 saturated heterocycles. The Balaban J connectivity index is 2.16. The molecule has 1 aliphatic heterocycles. The number of nitrogens with zero attached hydrogens (tertiary/aromatic N) is 1. The summed E-state index contributed by atoms with van der Waals surface area (Å²) in [4.78, 5) is 43.7. The van der Waals surface area contributed by atoms with Crippen LogP contribution in [0.2, 0.25) is 0 Å². The molecule has 17 heavy (non-hydrogen) atoms. The van der Waals surface area contributed by atoms with Crippen molar-refractivity contribution >= 4 is 17.7 Å². The molecule has 0 radical (unpaired) electrons. The van der Waals surface area contributed by atoms with E-state index >= 15 is 0 Å². The van der Waals surface area contributed by atoms with Crippen molar-refractivity contribution in [3.8, 4) is 0 Å². The highest BCUT2D eigenvalue weighted by Gasteiger charge is 2.23. The normalized spacial score (nSPS) is 14.5. The Hall–Kier alpha value is -1.77. The summed E-state index contributed by atoms with van der Waals surface area (Å²) in [5.41, 5.74) is 2.15. The number of imide groups is 1. The molecular weight excluding hydrogens is 230 g/mol. The number of rotatable bonds is 7. The van der Waals surface area contributed by atoms with Gasteiger partial charge < -0.3 is 0 Å². The summed E-state index contributed by atoms with van der Waals surface area (Å²) >= 11 is 0. The van der Waals surface area contributed by atoms with Gasteiger partial charge in [-0.2, -0.15) is 0 Å². The van der Waals surface area contributed by atoms with Gasteiger partial charge in [-0.15, -0.1) is 0 Å². The molecule has 0 unspecified atom stereocenters. The molecule has 0 bridgehead atoms. The molecule has 1 rings (SSSR count). The third-order valence-corrected chi connectivity index (χ3v) is 1.98. The van der Waals surface area contributed by atoms with Crippen LogP contribution in [0.15, 0.2) is 12.2 Å². The molecule has 0 saturated carbocycles. The molecule has 0 aliphatic carbocycles. The van der Waals surface area contributed by atoms with Gasteiger partial charge in [0.2, 0.25) is 5.91 Å². The van der Waals surface area contributed by atoms with Gasteiger partial charge >= 0.3 is 0 Å². The van der Waals surface area contributed by atoms with Gasteiger partial charge in [0, 0.05) is 25.1 Å². The Kier molecular flexibility index (Phi) is 5.27. The molecule has 1 heterocycles. The van der Waals surface area contributed by atoms with Crippen molar-refractivity contribution in [1.82, 2.24) is 10.4 Å². The lowest BCUT2D eigenvalue weighted by molar-refractivity contribution is -0.690. The van der Waals surface area contributed by atoms with Crippen LogP contribution < -0.4 is 11.4 Å². The molecule has 0 aromatic heterocycles. The topological polar surface area (TPSA) is 113 Å². The van der Waals surface area contributed by atoms with Crippen LogP contribution in [0, 0.1) is 0 Å². The fraction of sp³-hybridized carbons (Fsp3) is 0.444. The van der Waals surface area contributed by atoms with Crippen LogP contribution in [0.1, 0.15) is 6.42 Å². The van der Waals surface area contributed by atoms with Crippen molar-refractivity contribution in [1.29, 1.82) is 0 Å². The molecule has 8 heteroatoms. The van der Waals surface area contributed by atoms with Crippen LogP contribution in [-0.4, -0.2) is 42.4 Å². The van der Waals surface area contributed by atoms with Crippen LogP contribution in [0.4, 0.5) is 0 Å². The van der Waals surface area contributed by atoms with E-state index in [0.717, 1.165) is 4.90 Å². The van der Waals surface area contributed by atoms with Crippen molar-refractivity contribution in [2.45, 2.75) is 6.42 Å². The standard InChI is InChI=1S/C9H13N3O5/c10-16-5-6-17-11-7(13)3-4-12-8(14)1-2-9(12)15/h1-2H,3-6H2,10H3/p+1. The summed E-state index contributed by atoms with van der Waals surface area (Å²) in [6, 6.07) is 0. The maximum Gasteiger partial charge on any atom is 0.253 e. The van der Waals surface area contributed by atoms with Gasteiger partial charge in [0.25, 0.3) is 11.8 Å². The van der Waals surface area contributed by atoms with Gasteiger partial charge in [-0.1, -0.05) is 0 Å². The minimum absolute atomic E-state index is 0.00953. The number of carbonyl (C=O) groups is 3. The first-order chi connectivity index (χ1) is 8.15. The second kappa shape index (κ2) is 6.74. The maximum absolute atomic E-state index is 11.2. The third kappa shape index (κ3) is 4.31. The predicted octanol–water partition coefficient (Wildman–Crippen LogP) is -2.48. The van der Waals surface area contributed by atoms with Crippen molar-refractivity contribution in [3.05, 3.63) is 12.2 Å². The van der Waals surface area contributed by atoms with E-state index < -0.39 is 17.7 Å². The zero-order chi connectivity index (χ0) is 12.7. The summed E-state index contributed by atoms with van der Waals surface area (Å²) in [7, 11) is 0. The monoisotopic (exact) mass is 244 g/mol. The summed E-state index contributed by atoms with van der Waals surface area (Å²) in [5.74, 6) is 1.89. The van der Waals surface area contributed by atoms with Gasteiger partial charge in [0.1, 0.15) is 13.2 Å². The molecule has 0 fully saturated rings. The lowest BCUT2D eigenvalue weighted by atomic mass is 10.4. The minimum atomic E-state index is -0.415. The zero-order valence-electron chi connectivity index (χ0n) is 9.18. The molecule has 3 amide bonds. The van der Waals surface area contributed by atoms with E-state index in [4.69, 9.17) is 4.84 Å². The van der Waals surface area contributed by atoms with Gasteiger partial charge in [-0.25, -0.2) is 16.2 Å². The number of quaternary nitrogens is 1. The first-order valence-electron chi connectivity index (χ1n) is 4.96. The van der Waals surface area contributed by atoms with E-state index in [0.29, 0.717) is 0 Å². The highest BCUT2D eigenvalue weighted by molar-refractivity contribution is 6.13. The molecule has 0 spiro atoms. The fourth-order valence-corrected chi connectivity index (χ4v) is 1.15. The van der Waals surface area contributed by atoms with Crippen LogP contribution in [0.3, 0.4) is 0 Å². The van der Waals surface area contributed by atoms with Crippen molar-refractivity contribution in [3.63, 3.8) is 0 Å². The largest absolute Gasteiger partial charge is 0.275 e. The van der Waals surface area contributed by atoms with Gasteiger partial charge in [-0.05, 0) is 0 Å².